The third-order valence-corrected chi connectivity index (χ3v) is 11.7. The standard InChI is InChI=1S/2C4H9.CH3.In/c2*1-4(2)3;;/h2*4H,1H2,2-3H3;1H3;. The van der Waals surface area contributed by atoms with E-state index in [-0.39, 0.29) is 0 Å². The molecule has 0 aliphatic rings. The Labute approximate surface area is 73.9 Å². The maximum atomic E-state index is 2.57. The molecule has 0 fully saturated rings. The van der Waals surface area contributed by atoms with Gasteiger partial charge in [0.15, 0.2) is 0 Å². The topological polar surface area (TPSA) is 0 Å². The molecule has 0 rings (SSSR count). The Morgan fingerprint density at radius 3 is 1.40 bits per heavy atom. The molecule has 60 valence electrons. The monoisotopic (exact) mass is 244 g/mol. The summed E-state index contributed by atoms with van der Waals surface area (Å²) in [5.74, 6) is 1.93. The van der Waals surface area contributed by atoms with Crippen LogP contribution in [0.5, 0.6) is 0 Å². The van der Waals surface area contributed by atoms with Gasteiger partial charge in [0.2, 0.25) is 0 Å². The molecule has 0 aromatic carbocycles. The van der Waals surface area contributed by atoms with Gasteiger partial charge in [-0.1, -0.05) is 0 Å². The molecule has 0 heterocycles. The first-order valence-electron chi connectivity index (χ1n) is 4.52. The summed E-state index contributed by atoms with van der Waals surface area (Å²) in [6.07, 6.45) is 0. The van der Waals surface area contributed by atoms with Crippen molar-refractivity contribution in [3.63, 3.8) is 0 Å². The van der Waals surface area contributed by atoms with E-state index in [0.717, 1.165) is 11.8 Å². The van der Waals surface area contributed by atoms with Gasteiger partial charge in [-0.25, -0.2) is 0 Å². The molecule has 0 spiro atoms. The zero-order valence-corrected chi connectivity index (χ0v) is 11.4. The third-order valence-electron chi connectivity index (χ3n) is 1.75. The number of hydrogen-bond acceptors (Lipinski definition) is 0. The molecule has 0 saturated heterocycles. The summed E-state index contributed by atoms with van der Waals surface area (Å²) >= 11 is -0.950. The van der Waals surface area contributed by atoms with Gasteiger partial charge in [0.1, 0.15) is 0 Å². The normalized spacial score (nSPS) is 11.1. The molecule has 0 N–H and O–H groups in total. The van der Waals surface area contributed by atoms with Crippen molar-refractivity contribution in [3.8, 4) is 0 Å². The van der Waals surface area contributed by atoms with Crippen molar-refractivity contribution in [2.45, 2.75) is 40.7 Å². The van der Waals surface area contributed by atoms with E-state index in [9.17, 15) is 0 Å². The predicted molar refractivity (Wildman–Crippen MR) is 50.9 cm³/mol. The average Bonchev–Trinajstić information content (AvgIpc) is 1.58. The van der Waals surface area contributed by atoms with Crippen molar-refractivity contribution in [2.75, 3.05) is 0 Å². The van der Waals surface area contributed by atoms with E-state index in [1.54, 1.807) is 8.35 Å². The second kappa shape index (κ2) is 5.51. The Kier molecular flexibility index (Phi) is 5.99. The first kappa shape index (κ1) is 10.9. The average molecular weight is 244 g/mol. The van der Waals surface area contributed by atoms with Gasteiger partial charge in [0.25, 0.3) is 0 Å². The molecule has 0 bridgehead atoms. The van der Waals surface area contributed by atoms with Crippen LogP contribution in [0.3, 0.4) is 0 Å². The molecule has 0 aromatic rings. The predicted octanol–water partition coefficient (Wildman–Crippen LogP) is 3.42. The minimum atomic E-state index is -0.950. The van der Waals surface area contributed by atoms with E-state index in [1.807, 2.05) is 0 Å². The zero-order chi connectivity index (χ0) is 8.15. The van der Waals surface area contributed by atoms with E-state index < -0.39 is 21.4 Å². The van der Waals surface area contributed by atoms with Crippen LogP contribution in [0.25, 0.3) is 0 Å². The van der Waals surface area contributed by atoms with Crippen molar-refractivity contribution in [2.24, 2.45) is 11.8 Å². The first-order chi connectivity index (χ1) is 4.52. The quantitative estimate of drug-likeness (QED) is 0.710. The number of rotatable bonds is 4. The van der Waals surface area contributed by atoms with Crippen molar-refractivity contribution < 1.29 is 0 Å². The molecular weight excluding hydrogens is 223 g/mol. The SMILES string of the molecule is CC(C)[CH2][In]([CH3])[CH2]C(C)C. The Bertz CT molecular complexity index is 66.8. The van der Waals surface area contributed by atoms with Crippen LogP contribution in [0.1, 0.15) is 27.7 Å². The van der Waals surface area contributed by atoms with Crippen LogP contribution in [-0.4, -0.2) is 21.4 Å². The van der Waals surface area contributed by atoms with Crippen LogP contribution in [0.2, 0.25) is 13.0 Å². The van der Waals surface area contributed by atoms with Crippen LogP contribution in [-0.2, 0) is 0 Å². The fourth-order valence-corrected chi connectivity index (χ4v) is 11.4. The summed E-state index contributed by atoms with van der Waals surface area (Å²) in [4.78, 5) is 0. The molecule has 0 atom stereocenters. The molecule has 0 saturated carbocycles. The summed E-state index contributed by atoms with van der Waals surface area (Å²) < 4.78 is 5.77. The second-order valence-corrected chi connectivity index (χ2v) is 13.4. The molecule has 0 amide bonds. The summed E-state index contributed by atoms with van der Waals surface area (Å²) in [7, 11) is 0. The van der Waals surface area contributed by atoms with Gasteiger partial charge in [-0.3, -0.25) is 0 Å². The molecule has 0 nitrogen and oxygen atoms in total. The molecular formula is C9H21In. The Balaban J connectivity index is 3.34. The van der Waals surface area contributed by atoms with Crippen molar-refractivity contribution in [3.05, 3.63) is 0 Å². The van der Waals surface area contributed by atoms with E-state index >= 15 is 0 Å². The molecule has 0 radical (unpaired) electrons. The summed E-state index contributed by atoms with van der Waals surface area (Å²) in [5, 5.41) is 0. The van der Waals surface area contributed by atoms with Gasteiger partial charge < -0.3 is 0 Å². The molecule has 1 heteroatoms. The third kappa shape index (κ3) is 6.98. The first-order valence-corrected chi connectivity index (χ1v) is 12.5. The molecule has 0 unspecified atom stereocenters. The van der Waals surface area contributed by atoms with Crippen molar-refractivity contribution in [1.82, 2.24) is 0 Å². The van der Waals surface area contributed by atoms with E-state index in [2.05, 4.69) is 32.4 Å². The summed E-state index contributed by atoms with van der Waals surface area (Å²) in [6, 6.07) is 0. The Morgan fingerprint density at radius 2 is 1.20 bits per heavy atom. The van der Waals surface area contributed by atoms with Gasteiger partial charge >= 0.3 is 74.0 Å². The van der Waals surface area contributed by atoms with Gasteiger partial charge in [-0.15, -0.1) is 0 Å². The molecule has 0 aromatic heterocycles. The van der Waals surface area contributed by atoms with Crippen LogP contribution in [0.15, 0.2) is 0 Å². The molecule has 10 heavy (non-hydrogen) atoms. The molecule has 0 aliphatic carbocycles. The zero-order valence-electron chi connectivity index (χ0n) is 8.15. The Morgan fingerprint density at radius 1 is 0.900 bits per heavy atom. The fourth-order valence-electron chi connectivity index (χ4n) is 1.71. The van der Waals surface area contributed by atoms with Crippen LogP contribution >= 0.6 is 0 Å². The maximum absolute atomic E-state index is 2.57. The van der Waals surface area contributed by atoms with Gasteiger partial charge in [0, 0.05) is 0 Å². The van der Waals surface area contributed by atoms with Crippen LogP contribution in [0, 0.1) is 11.8 Å². The van der Waals surface area contributed by atoms with Crippen LogP contribution in [0.4, 0.5) is 0 Å². The van der Waals surface area contributed by atoms with Gasteiger partial charge in [0.05, 0.1) is 0 Å². The molecule has 0 aliphatic heterocycles. The van der Waals surface area contributed by atoms with Crippen molar-refractivity contribution >= 4 is 21.4 Å². The Hall–Kier alpha value is 0.870. The van der Waals surface area contributed by atoms with E-state index in [0.29, 0.717) is 0 Å². The minimum absolute atomic E-state index is 0.950. The fraction of sp³-hybridized carbons (Fsp3) is 1.00. The van der Waals surface area contributed by atoms with Gasteiger partial charge in [-0.2, -0.15) is 0 Å². The summed E-state index contributed by atoms with van der Waals surface area (Å²) in [6.45, 7) is 9.42. The summed E-state index contributed by atoms with van der Waals surface area (Å²) in [5.41, 5.74) is 0. The van der Waals surface area contributed by atoms with Crippen LogP contribution < -0.4 is 0 Å². The van der Waals surface area contributed by atoms with E-state index in [4.69, 9.17) is 0 Å². The van der Waals surface area contributed by atoms with Crippen molar-refractivity contribution in [1.29, 1.82) is 0 Å². The van der Waals surface area contributed by atoms with E-state index in [1.165, 1.54) is 0 Å². The number of hydrogen-bond donors (Lipinski definition) is 0. The van der Waals surface area contributed by atoms with Gasteiger partial charge in [-0.05, 0) is 0 Å². The second-order valence-electron chi connectivity index (χ2n) is 4.36.